The van der Waals surface area contributed by atoms with Crippen LogP contribution < -0.4 is 0 Å². The molecule has 1 N–H and O–H groups in total. The highest BCUT2D eigenvalue weighted by Crippen LogP contribution is 2.30. The Morgan fingerprint density at radius 3 is 2.55 bits per heavy atom. The summed E-state index contributed by atoms with van der Waals surface area (Å²) in [6.45, 7) is 0. The normalized spacial score (nSPS) is 12.8. The molecular formula is C15H9BrF2O2. The van der Waals surface area contributed by atoms with Crippen molar-refractivity contribution in [3.05, 3.63) is 69.9 Å². The van der Waals surface area contributed by atoms with Gasteiger partial charge in [-0.3, -0.25) is 0 Å². The molecule has 0 saturated heterocycles. The summed E-state index contributed by atoms with van der Waals surface area (Å²) < 4.78 is 32.4. The van der Waals surface area contributed by atoms with Crippen molar-refractivity contribution < 1.29 is 18.3 Å². The zero-order chi connectivity index (χ0) is 14.3. The molecule has 0 radical (unpaired) electrons. The predicted octanol–water partition coefficient (Wildman–Crippen LogP) is 4.56. The monoisotopic (exact) mass is 338 g/mol. The van der Waals surface area contributed by atoms with Crippen LogP contribution in [0.1, 0.15) is 17.4 Å². The summed E-state index contributed by atoms with van der Waals surface area (Å²) in [6.07, 6.45) is -1.11. The summed E-state index contributed by atoms with van der Waals surface area (Å²) in [5.41, 5.74) is 0.826. The van der Waals surface area contributed by atoms with E-state index in [-0.39, 0.29) is 11.6 Å². The van der Waals surface area contributed by atoms with Crippen LogP contribution in [0.25, 0.3) is 11.0 Å². The third kappa shape index (κ3) is 2.46. The van der Waals surface area contributed by atoms with E-state index in [1.807, 2.05) is 0 Å². The van der Waals surface area contributed by atoms with E-state index in [1.165, 1.54) is 30.3 Å². The first-order valence-corrected chi connectivity index (χ1v) is 6.65. The van der Waals surface area contributed by atoms with Crippen molar-refractivity contribution in [1.29, 1.82) is 0 Å². The van der Waals surface area contributed by atoms with Crippen molar-refractivity contribution >= 4 is 26.9 Å². The van der Waals surface area contributed by atoms with Gasteiger partial charge in [0.05, 0.1) is 0 Å². The van der Waals surface area contributed by atoms with Crippen LogP contribution in [0.4, 0.5) is 8.78 Å². The molecular weight excluding hydrogens is 330 g/mol. The summed E-state index contributed by atoms with van der Waals surface area (Å²) in [5, 5.41) is 10.8. The van der Waals surface area contributed by atoms with E-state index >= 15 is 0 Å². The molecule has 0 saturated carbocycles. The third-order valence-corrected chi connectivity index (χ3v) is 3.43. The standard InChI is InChI=1S/C15H9BrF2O2/c16-10-3-9(5-12(18)7-10)15(19)14-6-8-4-11(17)1-2-13(8)20-14/h1-7,15,19H. The molecule has 0 amide bonds. The van der Waals surface area contributed by atoms with Gasteiger partial charge in [0.2, 0.25) is 0 Å². The second-order valence-electron chi connectivity index (χ2n) is 4.44. The van der Waals surface area contributed by atoms with Crippen molar-refractivity contribution in [2.24, 2.45) is 0 Å². The first-order valence-electron chi connectivity index (χ1n) is 5.86. The van der Waals surface area contributed by atoms with Crippen molar-refractivity contribution in [3.63, 3.8) is 0 Å². The molecule has 1 unspecified atom stereocenters. The average Bonchev–Trinajstić information content (AvgIpc) is 2.79. The van der Waals surface area contributed by atoms with Gasteiger partial charge in [-0.2, -0.15) is 0 Å². The van der Waals surface area contributed by atoms with Gasteiger partial charge in [0.1, 0.15) is 29.1 Å². The lowest BCUT2D eigenvalue weighted by atomic mass is 10.1. The Morgan fingerprint density at radius 2 is 1.80 bits per heavy atom. The Morgan fingerprint density at radius 1 is 1.00 bits per heavy atom. The van der Waals surface area contributed by atoms with Gasteiger partial charge in [0.15, 0.2) is 0 Å². The lowest BCUT2D eigenvalue weighted by molar-refractivity contribution is 0.192. The Balaban J connectivity index is 2.05. The molecule has 0 aliphatic rings. The molecule has 0 spiro atoms. The number of halogens is 3. The van der Waals surface area contributed by atoms with Crippen LogP contribution in [0, 0.1) is 11.6 Å². The van der Waals surface area contributed by atoms with Gasteiger partial charge < -0.3 is 9.52 Å². The van der Waals surface area contributed by atoms with Crippen molar-refractivity contribution in [2.45, 2.75) is 6.10 Å². The second kappa shape index (κ2) is 5.00. The largest absolute Gasteiger partial charge is 0.458 e. The molecule has 0 aliphatic carbocycles. The van der Waals surface area contributed by atoms with E-state index < -0.39 is 11.9 Å². The number of hydrogen-bond donors (Lipinski definition) is 1. The molecule has 5 heteroatoms. The van der Waals surface area contributed by atoms with Gasteiger partial charge in [-0.1, -0.05) is 15.9 Å². The summed E-state index contributed by atoms with van der Waals surface area (Å²) in [7, 11) is 0. The maximum atomic E-state index is 13.3. The van der Waals surface area contributed by atoms with E-state index in [1.54, 1.807) is 12.1 Å². The van der Waals surface area contributed by atoms with Gasteiger partial charge in [-0.15, -0.1) is 0 Å². The molecule has 20 heavy (non-hydrogen) atoms. The summed E-state index contributed by atoms with van der Waals surface area (Å²) in [4.78, 5) is 0. The predicted molar refractivity (Wildman–Crippen MR) is 74.3 cm³/mol. The molecule has 0 aliphatic heterocycles. The SMILES string of the molecule is OC(c1cc(F)cc(Br)c1)c1cc2cc(F)ccc2o1. The van der Waals surface area contributed by atoms with Crippen molar-refractivity contribution in [2.75, 3.05) is 0 Å². The van der Waals surface area contributed by atoms with Crippen LogP contribution in [-0.2, 0) is 0 Å². The zero-order valence-corrected chi connectivity index (χ0v) is 11.7. The average molecular weight is 339 g/mol. The Labute approximate surface area is 121 Å². The number of benzene rings is 2. The number of rotatable bonds is 2. The van der Waals surface area contributed by atoms with Gasteiger partial charge >= 0.3 is 0 Å². The summed E-state index contributed by atoms with van der Waals surface area (Å²) >= 11 is 3.17. The molecule has 1 atom stereocenters. The van der Waals surface area contributed by atoms with E-state index in [0.717, 1.165) is 0 Å². The van der Waals surface area contributed by atoms with Gasteiger partial charge in [0, 0.05) is 9.86 Å². The quantitative estimate of drug-likeness (QED) is 0.743. The maximum Gasteiger partial charge on any atom is 0.138 e. The van der Waals surface area contributed by atoms with Crippen LogP contribution >= 0.6 is 15.9 Å². The number of fused-ring (bicyclic) bond motifs is 1. The molecule has 0 bridgehead atoms. The van der Waals surface area contributed by atoms with Gasteiger partial charge in [-0.25, -0.2) is 8.78 Å². The number of hydrogen-bond acceptors (Lipinski definition) is 2. The lowest BCUT2D eigenvalue weighted by Crippen LogP contribution is -1.98. The first-order chi connectivity index (χ1) is 9.52. The maximum absolute atomic E-state index is 13.3. The minimum absolute atomic E-state index is 0.239. The fourth-order valence-corrected chi connectivity index (χ4v) is 2.55. The van der Waals surface area contributed by atoms with Crippen LogP contribution in [0.2, 0.25) is 0 Å². The van der Waals surface area contributed by atoms with Crippen LogP contribution in [0.5, 0.6) is 0 Å². The minimum Gasteiger partial charge on any atom is -0.458 e. The number of aliphatic hydroxyl groups excluding tert-OH is 1. The number of aliphatic hydroxyl groups is 1. The van der Waals surface area contributed by atoms with Gasteiger partial charge in [-0.05, 0) is 48.0 Å². The van der Waals surface area contributed by atoms with Crippen molar-refractivity contribution in [1.82, 2.24) is 0 Å². The van der Waals surface area contributed by atoms with Crippen LogP contribution in [0.3, 0.4) is 0 Å². The molecule has 0 fully saturated rings. The highest BCUT2D eigenvalue weighted by Gasteiger charge is 2.17. The summed E-state index contributed by atoms with van der Waals surface area (Å²) in [6, 6.07) is 9.75. The third-order valence-electron chi connectivity index (χ3n) is 2.97. The highest BCUT2D eigenvalue weighted by molar-refractivity contribution is 9.10. The Bertz CT molecular complexity index is 762. The molecule has 3 rings (SSSR count). The minimum atomic E-state index is -1.11. The second-order valence-corrected chi connectivity index (χ2v) is 5.35. The van der Waals surface area contributed by atoms with Crippen LogP contribution in [0.15, 0.2) is 51.4 Å². The lowest BCUT2D eigenvalue weighted by Gasteiger charge is -2.08. The number of furan rings is 1. The zero-order valence-electron chi connectivity index (χ0n) is 10.1. The van der Waals surface area contributed by atoms with E-state index in [4.69, 9.17) is 4.42 Å². The molecule has 102 valence electrons. The first kappa shape index (κ1) is 13.3. The molecule has 1 aromatic heterocycles. The van der Waals surface area contributed by atoms with Crippen LogP contribution in [-0.4, -0.2) is 5.11 Å². The fourth-order valence-electron chi connectivity index (χ4n) is 2.07. The molecule has 1 heterocycles. The van der Waals surface area contributed by atoms with E-state index in [2.05, 4.69) is 15.9 Å². The van der Waals surface area contributed by atoms with E-state index in [9.17, 15) is 13.9 Å². The molecule has 2 nitrogen and oxygen atoms in total. The summed E-state index contributed by atoms with van der Waals surface area (Å²) in [5.74, 6) is -0.605. The Kier molecular flexibility index (Phi) is 3.31. The molecule has 3 aromatic rings. The Hall–Kier alpha value is -1.72. The highest BCUT2D eigenvalue weighted by atomic mass is 79.9. The smallest absolute Gasteiger partial charge is 0.138 e. The van der Waals surface area contributed by atoms with Crippen molar-refractivity contribution in [3.8, 4) is 0 Å². The fraction of sp³-hybridized carbons (Fsp3) is 0.0667. The van der Waals surface area contributed by atoms with E-state index in [0.29, 0.717) is 21.0 Å². The van der Waals surface area contributed by atoms with Gasteiger partial charge in [0.25, 0.3) is 0 Å². The molecule has 2 aromatic carbocycles. The topological polar surface area (TPSA) is 33.4 Å².